The van der Waals surface area contributed by atoms with Crippen LogP contribution in [0.4, 0.5) is 8.78 Å². The summed E-state index contributed by atoms with van der Waals surface area (Å²) in [5.41, 5.74) is 2.15. The fourth-order valence-corrected chi connectivity index (χ4v) is 3.15. The lowest BCUT2D eigenvalue weighted by molar-refractivity contribution is 0.233. The molecular weight excluding hydrogens is 386 g/mol. The van der Waals surface area contributed by atoms with Crippen molar-refractivity contribution in [3.05, 3.63) is 89.5 Å². The zero-order valence-electron chi connectivity index (χ0n) is 17.2. The van der Waals surface area contributed by atoms with E-state index in [4.69, 9.17) is 14.2 Å². The largest absolute Gasteiger partial charge is 0.493 e. The van der Waals surface area contributed by atoms with E-state index in [0.29, 0.717) is 24.7 Å². The minimum absolute atomic E-state index is 0.0662. The molecule has 1 unspecified atom stereocenters. The van der Waals surface area contributed by atoms with Gasteiger partial charge in [0.15, 0.2) is 23.1 Å². The normalized spacial score (nSPS) is 11.7. The number of halogens is 2. The first kappa shape index (κ1) is 21.6. The van der Waals surface area contributed by atoms with Crippen LogP contribution in [0, 0.1) is 17.6 Å². The van der Waals surface area contributed by atoms with E-state index in [-0.39, 0.29) is 11.7 Å². The van der Waals surface area contributed by atoms with E-state index < -0.39 is 11.6 Å². The van der Waals surface area contributed by atoms with E-state index in [1.165, 1.54) is 12.1 Å². The zero-order chi connectivity index (χ0) is 21.3. The lowest BCUT2D eigenvalue weighted by Crippen LogP contribution is -2.14. The molecule has 0 saturated heterocycles. The molecule has 0 aliphatic heterocycles. The lowest BCUT2D eigenvalue weighted by atomic mass is 9.97. The Morgan fingerprint density at radius 1 is 0.800 bits per heavy atom. The van der Waals surface area contributed by atoms with Crippen molar-refractivity contribution >= 4 is 0 Å². The number of rotatable bonds is 10. The lowest BCUT2D eigenvalue weighted by Gasteiger charge is -2.18. The Hall–Kier alpha value is -3.08. The fraction of sp³-hybridized carbons (Fsp3) is 0.280. The molecule has 0 N–H and O–H groups in total. The first-order valence-corrected chi connectivity index (χ1v) is 10.0. The molecule has 0 amide bonds. The van der Waals surface area contributed by atoms with Crippen molar-refractivity contribution in [2.75, 3.05) is 13.7 Å². The van der Waals surface area contributed by atoms with Gasteiger partial charge in [-0.2, -0.15) is 0 Å². The van der Waals surface area contributed by atoms with Gasteiger partial charge in [0.2, 0.25) is 0 Å². The van der Waals surface area contributed by atoms with Crippen molar-refractivity contribution in [1.82, 2.24) is 0 Å². The molecule has 0 spiro atoms. The van der Waals surface area contributed by atoms with Crippen LogP contribution < -0.4 is 14.2 Å². The van der Waals surface area contributed by atoms with Crippen molar-refractivity contribution in [1.29, 1.82) is 0 Å². The Kier molecular flexibility index (Phi) is 7.66. The van der Waals surface area contributed by atoms with Crippen LogP contribution in [0.15, 0.2) is 66.7 Å². The van der Waals surface area contributed by atoms with Crippen LogP contribution in [0.5, 0.6) is 17.2 Å². The molecule has 5 heteroatoms. The van der Waals surface area contributed by atoms with Crippen LogP contribution in [0.25, 0.3) is 0 Å². The number of hydrogen-bond donors (Lipinski definition) is 0. The highest BCUT2D eigenvalue weighted by Gasteiger charge is 2.14. The van der Waals surface area contributed by atoms with Crippen molar-refractivity contribution in [2.24, 2.45) is 5.92 Å². The van der Waals surface area contributed by atoms with E-state index in [2.05, 4.69) is 6.92 Å². The van der Waals surface area contributed by atoms with Gasteiger partial charge in [0.25, 0.3) is 0 Å². The van der Waals surface area contributed by atoms with Gasteiger partial charge in [-0.25, -0.2) is 8.78 Å². The van der Waals surface area contributed by atoms with Gasteiger partial charge < -0.3 is 14.2 Å². The van der Waals surface area contributed by atoms with Crippen LogP contribution in [0.3, 0.4) is 0 Å². The second-order valence-electron chi connectivity index (χ2n) is 7.12. The second kappa shape index (κ2) is 10.6. The number of ether oxygens (including phenoxy) is 3. The molecule has 30 heavy (non-hydrogen) atoms. The van der Waals surface area contributed by atoms with Gasteiger partial charge in [-0.1, -0.05) is 43.3 Å². The van der Waals surface area contributed by atoms with Crippen molar-refractivity contribution in [3.8, 4) is 17.2 Å². The summed E-state index contributed by atoms with van der Waals surface area (Å²) in [5, 5.41) is 0. The van der Waals surface area contributed by atoms with E-state index in [1.54, 1.807) is 7.11 Å². The quantitative estimate of drug-likeness (QED) is 0.397. The average molecular weight is 412 g/mol. The van der Waals surface area contributed by atoms with E-state index >= 15 is 0 Å². The topological polar surface area (TPSA) is 27.7 Å². The van der Waals surface area contributed by atoms with Crippen LogP contribution in [0.1, 0.15) is 24.5 Å². The predicted molar refractivity (Wildman–Crippen MR) is 113 cm³/mol. The Bertz CT molecular complexity index is 944. The molecule has 0 heterocycles. The highest BCUT2D eigenvalue weighted by molar-refractivity contribution is 5.43. The maximum Gasteiger partial charge on any atom is 0.167 e. The molecular formula is C25H26F2O3. The van der Waals surface area contributed by atoms with Crippen LogP contribution >= 0.6 is 0 Å². The summed E-state index contributed by atoms with van der Waals surface area (Å²) >= 11 is 0. The average Bonchev–Trinajstić information content (AvgIpc) is 2.77. The fourth-order valence-electron chi connectivity index (χ4n) is 3.15. The summed E-state index contributed by atoms with van der Waals surface area (Å²) < 4.78 is 43.9. The van der Waals surface area contributed by atoms with Gasteiger partial charge in [-0.05, 0) is 54.2 Å². The Labute approximate surface area is 176 Å². The molecule has 0 bridgehead atoms. The van der Waals surface area contributed by atoms with Crippen molar-refractivity contribution in [2.45, 2.75) is 26.4 Å². The van der Waals surface area contributed by atoms with Crippen LogP contribution in [-0.2, 0) is 13.0 Å². The molecule has 3 nitrogen and oxygen atoms in total. The second-order valence-corrected chi connectivity index (χ2v) is 7.12. The molecule has 0 aliphatic rings. The Morgan fingerprint density at radius 3 is 2.27 bits per heavy atom. The van der Waals surface area contributed by atoms with E-state index in [0.717, 1.165) is 30.0 Å². The maximum atomic E-state index is 13.8. The highest BCUT2D eigenvalue weighted by atomic mass is 19.1. The van der Waals surface area contributed by atoms with Gasteiger partial charge in [0.05, 0.1) is 13.7 Å². The smallest absolute Gasteiger partial charge is 0.167 e. The number of methoxy groups -OCH3 is 1. The molecule has 0 radical (unpaired) electrons. The van der Waals surface area contributed by atoms with Gasteiger partial charge in [-0.15, -0.1) is 0 Å². The van der Waals surface area contributed by atoms with Crippen LogP contribution in [-0.4, -0.2) is 13.7 Å². The summed E-state index contributed by atoms with van der Waals surface area (Å²) in [4.78, 5) is 0. The number of benzene rings is 3. The molecule has 0 fully saturated rings. The van der Waals surface area contributed by atoms with Gasteiger partial charge in [0.1, 0.15) is 12.4 Å². The third-order valence-electron chi connectivity index (χ3n) is 4.94. The maximum absolute atomic E-state index is 13.8. The monoisotopic (exact) mass is 412 g/mol. The molecule has 1 atom stereocenters. The summed E-state index contributed by atoms with van der Waals surface area (Å²) in [7, 11) is 1.62. The first-order chi connectivity index (χ1) is 14.6. The predicted octanol–water partition coefficient (Wildman–Crippen LogP) is 6.20. The summed E-state index contributed by atoms with van der Waals surface area (Å²) in [6.07, 6.45) is 1.60. The molecule has 3 aromatic rings. The highest BCUT2D eigenvalue weighted by Crippen LogP contribution is 2.30. The molecule has 158 valence electrons. The standard InChI is InChI=1S/C25H26F2O3/c1-3-18(16-29-23-12-10-21(26)15-22(23)27)13-20-9-11-24(28-2)25(14-20)30-17-19-7-5-4-6-8-19/h4-12,14-15,18H,3,13,16-17H2,1-2H3. The summed E-state index contributed by atoms with van der Waals surface area (Å²) in [6, 6.07) is 19.1. The SMILES string of the molecule is CCC(COc1ccc(F)cc1F)Cc1ccc(OC)c(OCc2ccccc2)c1. The molecule has 0 aromatic heterocycles. The van der Waals surface area contributed by atoms with Gasteiger partial charge in [0, 0.05) is 6.07 Å². The van der Waals surface area contributed by atoms with Crippen molar-refractivity contribution in [3.63, 3.8) is 0 Å². The van der Waals surface area contributed by atoms with Crippen molar-refractivity contribution < 1.29 is 23.0 Å². The minimum atomic E-state index is -0.689. The van der Waals surface area contributed by atoms with Gasteiger partial charge >= 0.3 is 0 Å². The minimum Gasteiger partial charge on any atom is -0.493 e. The Morgan fingerprint density at radius 2 is 1.57 bits per heavy atom. The van der Waals surface area contributed by atoms with Crippen LogP contribution in [0.2, 0.25) is 0 Å². The molecule has 0 saturated carbocycles. The third kappa shape index (κ3) is 5.96. The van der Waals surface area contributed by atoms with E-state index in [9.17, 15) is 8.78 Å². The third-order valence-corrected chi connectivity index (χ3v) is 4.94. The molecule has 0 aliphatic carbocycles. The van der Waals surface area contributed by atoms with Gasteiger partial charge in [-0.3, -0.25) is 0 Å². The molecule has 3 aromatic carbocycles. The Balaban J connectivity index is 1.64. The zero-order valence-corrected chi connectivity index (χ0v) is 17.2. The summed E-state index contributed by atoms with van der Waals surface area (Å²) in [6.45, 7) is 2.85. The number of hydrogen-bond acceptors (Lipinski definition) is 3. The first-order valence-electron chi connectivity index (χ1n) is 10.0. The molecule has 3 rings (SSSR count). The van der Waals surface area contributed by atoms with E-state index in [1.807, 2.05) is 48.5 Å². The summed E-state index contributed by atoms with van der Waals surface area (Å²) in [5.74, 6) is 0.284.